The van der Waals surface area contributed by atoms with E-state index in [1.165, 1.54) is 16.7 Å². The average Bonchev–Trinajstić information content (AvgIpc) is 2.34. The highest BCUT2D eigenvalue weighted by atomic mass is 16.3. The minimum Gasteiger partial charge on any atom is -0.392 e. The van der Waals surface area contributed by atoms with Gasteiger partial charge in [0.25, 0.3) is 0 Å². The summed E-state index contributed by atoms with van der Waals surface area (Å²) in [6.45, 7) is 4.74. The van der Waals surface area contributed by atoms with Gasteiger partial charge in [-0.15, -0.1) is 0 Å². The highest BCUT2D eigenvalue weighted by molar-refractivity contribution is 5.35. The summed E-state index contributed by atoms with van der Waals surface area (Å²) in [5.74, 6) is 0. The Morgan fingerprint density at radius 1 is 1.19 bits per heavy atom. The minimum atomic E-state index is -0.366. The van der Waals surface area contributed by atoms with Gasteiger partial charge in [-0.05, 0) is 42.4 Å². The molecule has 0 heterocycles. The van der Waals surface area contributed by atoms with E-state index < -0.39 is 0 Å². The van der Waals surface area contributed by atoms with E-state index in [-0.39, 0.29) is 6.10 Å². The van der Waals surface area contributed by atoms with E-state index in [4.69, 9.17) is 5.73 Å². The summed E-state index contributed by atoms with van der Waals surface area (Å²) in [4.78, 5) is 0. The first-order valence-corrected chi connectivity index (χ1v) is 6.20. The third kappa shape index (κ3) is 3.32. The zero-order chi connectivity index (χ0) is 12.0. The largest absolute Gasteiger partial charge is 0.392 e. The van der Waals surface area contributed by atoms with Crippen molar-refractivity contribution in [3.8, 4) is 0 Å². The molecular weight excluding hydrogens is 198 g/mol. The lowest BCUT2D eigenvalue weighted by atomic mass is 9.94. The molecule has 1 rings (SSSR count). The lowest BCUT2D eigenvalue weighted by molar-refractivity contribution is 0.173. The van der Waals surface area contributed by atoms with Crippen molar-refractivity contribution < 1.29 is 5.11 Å². The molecule has 1 atom stereocenters. The third-order valence-corrected chi connectivity index (χ3v) is 3.12. The number of hydrogen-bond acceptors (Lipinski definition) is 2. The first kappa shape index (κ1) is 13.2. The molecule has 0 spiro atoms. The highest BCUT2D eigenvalue weighted by Gasteiger charge is 2.07. The predicted octanol–water partition coefficient (Wildman–Crippen LogP) is 2.06. The topological polar surface area (TPSA) is 46.2 Å². The van der Waals surface area contributed by atoms with Crippen molar-refractivity contribution in [1.29, 1.82) is 0 Å². The van der Waals surface area contributed by atoms with Crippen LogP contribution in [0.3, 0.4) is 0 Å². The summed E-state index contributed by atoms with van der Waals surface area (Å²) in [6, 6.07) is 6.48. The Bertz CT molecular complexity index is 323. The normalized spacial score (nSPS) is 12.8. The second-order valence-electron chi connectivity index (χ2n) is 4.19. The predicted molar refractivity (Wildman–Crippen MR) is 68.6 cm³/mol. The van der Waals surface area contributed by atoms with Crippen LogP contribution < -0.4 is 5.73 Å². The molecule has 0 aromatic heterocycles. The summed E-state index contributed by atoms with van der Waals surface area (Å²) in [7, 11) is 0. The molecule has 2 nitrogen and oxygen atoms in total. The molecule has 0 aliphatic carbocycles. The van der Waals surface area contributed by atoms with Crippen molar-refractivity contribution in [3.05, 3.63) is 34.9 Å². The Labute approximate surface area is 98.5 Å². The van der Waals surface area contributed by atoms with Crippen molar-refractivity contribution in [2.45, 2.75) is 45.6 Å². The van der Waals surface area contributed by atoms with Crippen LogP contribution in [0.2, 0.25) is 0 Å². The molecule has 2 heteroatoms. The van der Waals surface area contributed by atoms with Crippen molar-refractivity contribution in [3.63, 3.8) is 0 Å². The van der Waals surface area contributed by atoms with Crippen LogP contribution in [0.15, 0.2) is 18.2 Å². The number of aliphatic hydroxyl groups excluding tert-OH is 1. The Balaban J connectivity index is 2.78. The Hall–Kier alpha value is -0.860. The second kappa shape index (κ2) is 6.66. The van der Waals surface area contributed by atoms with Crippen molar-refractivity contribution in [1.82, 2.24) is 0 Å². The van der Waals surface area contributed by atoms with Gasteiger partial charge < -0.3 is 10.8 Å². The maximum absolute atomic E-state index is 9.48. The van der Waals surface area contributed by atoms with Gasteiger partial charge in [0.2, 0.25) is 0 Å². The van der Waals surface area contributed by atoms with E-state index in [1.54, 1.807) is 0 Å². The molecule has 0 aliphatic rings. The summed E-state index contributed by atoms with van der Waals surface area (Å²) in [6.07, 6.45) is 3.47. The van der Waals surface area contributed by atoms with Crippen LogP contribution in [-0.4, -0.2) is 17.8 Å². The average molecular weight is 221 g/mol. The van der Waals surface area contributed by atoms with Crippen LogP contribution in [0.1, 0.15) is 37.0 Å². The molecule has 0 saturated carbocycles. The molecule has 1 aromatic carbocycles. The zero-order valence-electron chi connectivity index (χ0n) is 10.4. The Morgan fingerprint density at radius 2 is 1.88 bits per heavy atom. The van der Waals surface area contributed by atoms with Gasteiger partial charge in [-0.1, -0.05) is 32.0 Å². The minimum absolute atomic E-state index is 0.356. The first-order chi connectivity index (χ1) is 7.72. The van der Waals surface area contributed by atoms with Gasteiger partial charge in [0, 0.05) is 6.54 Å². The lowest BCUT2D eigenvalue weighted by Crippen LogP contribution is -2.20. The van der Waals surface area contributed by atoms with Gasteiger partial charge in [-0.2, -0.15) is 0 Å². The van der Waals surface area contributed by atoms with E-state index >= 15 is 0 Å². The van der Waals surface area contributed by atoms with Gasteiger partial charge in [0.1, 0.15) is 0 Å². The molecule has 0 fully saturated rings. The highest BCUT2D eigenvalue weighted by Crippen LogP contribution is 2.18. The number of aryl methyl sites for hydroxylation is 2. The van der Waals surface area contributed by atoms with Crippen molar-refractivity contribution in [2.75, 3.05) is 6.54 Å². The molecule has 1 unspecified atom stereocenters. The van der Waals surface area contributed by atoms with E-state index in [0.29, 0.717) is 6.54 Å². The standard InChI is InChI=1S/C14H23NO/c1-3-11-6-5-7-12(14(11)4-2)8-9-13(16)10-15/h5-7,13,16H,3-4,8-10,15H2,1-2H3. The molecule has 90 valence electrons. The first-order valence-electron chi connectivity index (χ1n) is 6.20. The lowest BCUT2D eigenvalue weighted by Gasteiger charge is -2.14. The van der Waals surface area contributed by atoms with Crippen LogP contribution in [-0.2, 0) is 19.3 Å². The third-order valence-electron chi connectivity index (χ3n) is 3.12. The fourth-order valence-corrected chi connectivity index (χ4v) is 2.15. The monoisotopic (exact) mass is 221 g/mol. The summed E-state index contributed by atoms with van der Waals surface area (Å²) in [5, 5.41) is 9.48. The van der Waals surface area contributed by atoms with Crippen LogP contribution in [0.5, 0.6) is 0 Å². The van der Waals surface area contributed by atoms with Crippen LogP contribution >= 0.6 is 0 Å². The number of hydrogen-bond donors (Lipinski definition) is 2. The second-order valence-corrected chi connectivity index (χ2v) is 4.19. The Morgan fingerprint density at radius 3 is 2.44 bits per heavy atom. The molecular formula is C14H23NO. The molecule has 0 radical (unpaired) electrons. The number of nitrogens with two attached hydrogens (primary N) is 1. The number of rotatable bonds is 6. The maximum atomic E-state index is 9.48. The molecule has 3 N–H and O–H groups in total. The van der Waals surface area contributed by atoms with E-state index in [0.717, 1.165) is 25.7 Å². The maximum Gasteiger partial charge on any atom is 0.0665 e. The van der Waals surface area contributed by atoms with Crippen molar-refractivity contribution >= 4 is 0 Å². The quantitative estimate of drug-likeness (QED) is 0.772. The van der Waals surface area contributed by atoms with Gasteiger partial charge in [0.05, 0.1) is 6.10 Å². The molecule has 1 aromatic rings. The molecule has 0 amide bonds. The smallest absolute Gasteiger partial charge is 0.0665 e. The van der Waals surface area contributed by atoms with Gasteiger partial charge in [-0.25, -0.2) is 0 Å². The van der Waals surface area contributed by atoms with Crippen LogP contribution in [0, 0.1) is 0 Å². The summed E-state index contributed by atoms with van der Waals surface area (Å²) >= 11 is 0. The zero-order valence-corrected chi connectivity index (χ0v) is 10.4. The van der Waals surface area contributed by atoms with Gasteiger partial charge in [0.15, 0.2) is 0 Å². The van der Waals surface area contributed by atoms with Crippen molar-refractivity contribution in [2.24, 2.45) is 5.73 Å². The number of aliphatic hydroxyl groups is 1. The van der Waals surface area contributed by atoms with Gasteiger partial charge >= 0.3 is 0 Å². The molecule has 0 aliphatic heterocycles. The van der Waals surface area contributed by atoms with E-state index in [9.17, 15) is 5.11 Å². The fraction of sp³-hybridized carbons (Fsp3) is 0.571. The fourth-order valence-electron chi connectivity index (χ4n) is 2.15. The van der Waals surface area contributed by atoms with Crippen LogP contribution in [0.25, 0.3) is 0 Å². The molecule has 0 bridgehead atoms. The number of benzene rings is 1. The van der Waals surface area contributed by atoms with Gasteiger partial charge in [-0.3, -0.25) is 0 Å². The van der Waals surface area contributed by atoms with E-state index in [2.05, 4.69) is 32.0 Å². The summed E-state index contributed by atoms with van der Waals surface area (Å²) in [5.41, 5.74) is 9.67. The SMILES string of the molecule is CCc1cccc(CCC(O)CN)c1CC. The molecule has 0 saturated heterocycles. The van der Waals surface area contributed by atoms with E-state index in [1.807, 2.05) is 0 Å². The summed E-state index contributed by atoms with van der Waals surface area (Å²) < 4.78 is 0. The Kier molecular flexibility index (Phi) is 5.50. The molecule has 16 heavy (non-hydrogen) atoms. The van der Waals surface area contributed by atoms with Crippen LogP contribution in [0.4, 0.5) is 0 Å².